The standard InChI is InChI=1S/C12H10F2N2/c13-10-1-2-11(12(14)4-10)9-3-8(5-15)6-16-7-9/h1-4,6-7H,5,15H2. The van der Waals surface area contributed by atoms with Gasteiger partial charge in [0, 0.05) is 36.1 Å². The minimum atomic E-state index is -0.601. The van der Waals surface area contributed by atoms with Gasteiger partial charge in [-0.2, -0.15) is 0 Å². The average molecular weight is 220 g/mol. The van der Waals surface area contributed by atoms with Gasteiger partial charge in [-0.05, 0) is 23.8 Å². The first-order valence-corrected chi connectivity index (χ1v) is 4.80. The molecule has 1 aromatic heterocycles. The Morgan fingerprint density at radius 2 is 1.94 bits per heavy atom. The summed E-state index contributed by atoms with van der Waals surface area (Å²) in [5.74, 6) is -1.19. The number of nitrogens with zero attached hydrogens (tertiary/aromatic N) is 1. The van der Waals surface area contributed by atoms with E-state index in [1.807, 2.05) is 0 Å². The molecule has 2 N–H and O–H groups in total. The molecule has 1 heterocycles. The molecule has 0 bridgehead atoms. The third kappa shape index (κ3) is 2.06. The Morgan fingerprint density at radius 1 is 1.12 bits per heavy atom. The summed E-state index contributed by atoms with van der Waals surface area (Å²) in [7, 11) is 0. The van der Waals surface area contributed by atoms with Crippen LogP contribution in [0, 0.1) is 11.6 Å². The fourth-order valence-corrected chi connectivity index (χ4v) is 1.47. The van der Waals surface area contributed by atoms with E-state index in [-0.39, 0.29) is 0 Å². The van der Waals surface area contributed by atoms with Crippen molar-refractivity contribution in [3.63, 3.8) is 0 Å². The quantitative estimate of drug-likeness (QED) is 0.844. The van der Waals surface area contributed by atoms with Crippen LogP contribution >= 0.6 is 0 Å². The predicted molar refractivity (Wildman–Crippen MR) is 57.5 cm³/mol. The molecule has 0 unspecified atom stereocenters. The van der Waals surface area contributed by atoms with E-state index in [0.717, 1.165) is 11.6 Å². The number of benzene rings is 1. The van der Waals surface area contributed by atoms with Crippen molar-refractivity contribution in [1.29, 1.82) is 0 Å². The van der Waals surface area contributed by atoms with Crippen molar-refractivity contribution in [2.45, 2.75) is 6.54 Å². The van der Waals surface area contributed by atoms with Gasteiger partial charge in [0.2, 0.25) is 0 Å². The minimum Gasteiger partial charge on any atom is -0.326 e. The molecular weight excluding hydrogens is 210 g/mol. The highest BCUT2D eigenvalue weighted by Crippen LogP contribution is 2.23. The number of hydrogen-bond donors (Lipinski definition) is 1. The Labute approximate surface area is 91.7 Å². The van der Waals surface area contributed by atoms with Crippen molar-refractivity contribution >= 4 is 0 Å². The van der Waals surface area contributed by atoms with E-state index >= 15 is 0 Å². The molecule has 16 heavy (non-hydrogen) atoms. The first-order valence-electron chi connectivity index (χ1n) is 4.80. The lowest BCUT2D eigenvalue weighted by molar-refractivity contribution is 0.585. The summed E-state index contributed by atoms with van der Waals surface area (Å²) in [4.78, 5) is 3.95. The highest BCUT2D eigenvalue weighted by atomic mass is 19.1. The van der Waals surface area contributed by atoms with E-state index in [0.29, 0.717) is 17.7 Å². The fourth-order valence-electron chi connectivity index (χ4n) is 1.47. The molecule has 0 spiro atoms. The first kappa shape index (κ1) is 10.7. The van der Waals surface area contributed by atoms with Gasteiger partial charge in [-0.1, -0.05) is 0 Å². The number of nitrogens with two attached hydrogens (primary N) is 1. The average Bonchev–Trinajstić information content (AvgIpc) is 2.29. The van der Waals surface area contributed by atoms with Crippen molar-refractivity contribution in [1.82, 2.24) is 4.98 Å². The van der Waals surface area contributed by atoms with Gasteiger partial charge in [-0.25, -0.2) is 8.78 Å². The Hall–Kier alpha value is -1.81. The van der Waals surface area contributed by atoms with E-state index in [1.54, 1.807) is 12.3 Å². The lowest BCUT2D eigenvalue weighted by Gasteiger charge is -2.04. The Bertz CT molecular complexity index is 512. The van der Waals surface area contributed by atoms with Gasteiger partial charge in [0.1, 0.15) is 11.6 Å². The molecule has 1 aromatic carbocycles. The first-order chi connectivity index (χ1) is 7.70. The lowest BCUT2D eigenvalue weighted by Crippen LogP contribution is -1.97. The Balaban J connectivity index is 2.49. The molecular formula is C12H10F2N2. The third-order valence-corrected chi connectivity index (χ3v) is 2.27. The molecule has 0 aliphatic carbocycles. The summed E-state index contributed by atoms with van der Waals surface area (Å²) < 4.78 is 26.2. The summed E-state index contributed by atoms with van der Waals surface area (Å²) in [6, 6.07) is 5.20. The van der Waals surface area contributed by atoms with Crippen LogP contribution in [0.25, 0.3) is 11.1 Å². The Morgan fingerprint density at radius 3 is 2.62 bits per heavy atom. The second kappa shape index (κ2) is 4.37. The summed E-state index contributed by atoms with van der Waals surface area (Å²) in [5, 5.41) is 0. The number of hydrogen-bond acceptors (Lipinski definition) is 2. The molecule has 0 radical (unpaired) electrons. The van der Waals surface area contributed by atoms with Crippen LogP contribution in [0.5, 0.6) is 0 Å². The van der Waals surface area contributed by atoms with Gasteiger partial charge in [0.05, 0.1) is 0 Å². The molecule has 4 heteroatoms. The fraction of sp³-hybridized carbons (Fsp3) is 0.0833. The summed E-state index contributed by atoms with van der Waals surface area (Å²) >= 11 is 0. The zero-order valence-corrected chi connectivity index (χ0v) is 8.45. The second-order valence-electron chi connectivity index (χ2n) is 3.41. The number of rotatable bonds is 2. The zero-order chi connectivity index (χ0) is 11.5. The van der Waals surface area contributed by atoms with Gasteiger partial charge < -0.3 is 5.73 Å². The number of halogens is 2. The number of pyridine rings is 1. The molecule has 0 aliphatic rings. The maximum Gasteiger partial charge on any atom is 0.133 e. The zero-order valence-electron chi connectivity index (χ0n) is 8.45. The molecule has 2 rings (SSSR count). The summed E-state index contributed by atoms with van der Waals surface area (Å²) in [5.41, 5.74) is 7.19. The van der Waals surface area contributed by atoms with Gasteiger partial charge >= 0.3 is 0 Å². The third-order valence-electron chi connectivity index (χ3n) is 2.27. The molecule has 2 aromatic rings. The van der Waals surface area contributed by atoms with E-state index < -0.39 is 11.6 Å². The van der Waals surface area contributed by atoms with Crippen molar-refractivity contribution in [3.8, 4) is 11.1 Å². The van der Waals surface area contributed by atoms with Gasteiger partial charge in [0.15, 0.2) is 0 Å². The Kier molecular flexibility index (Phi) is 2.92. The summed E-state index contributed by atoms with van der Waals surface area (Å²) in [6.45, 7) is 0.337. The van der Waals surface area contributed by atoms with Crippen molar-refractivity contribution in [2.75, 3.05) is 0 Å². The monoisotopic (exact) mass is 220 g/mol. The van der Waals surface area contributed by atoms with Crippen LogP contribution in [0.15, 0.2) is 36.7 Å². The van der Waals surface area contributed by atoms with E-state index in [4.69, 9.17) is 5.73 Å². The molecule has 0 fully saturated rings. The maximum absolute atomic E-state index is 13.5. The van der Waals surface area contributed by atoms with Crippen molar-refractivity contribution < 1.29 is 8.78 Å². The lowest BCUT2D eigenvalue weighted by atomic mass is 10.1. The predicted octanol–water partition coefficient (Wildman–Crippen LogP) is 2.49. The topological polar surface area (TPSA) is 38.9 Å². The van der Waals surface area contributed by atoms with Crippen LogP contribution < -0.4 is 5.73 Å². The van der Waals surface area contributed by atoms with Crippen LogP contribution in [0.3, 0.4) is 0 Å². The van der Waals surface area contributed by atoms with Crippen LogP contribution in [0.1, 0.15) is 5.56 Å². The molecule has 2 nitrogen and oxygen atoms in total. The molecule has 0 saturated heterocycles. The van der Waals surface area contributed by atoms with Gasteiger partial charge in [-0.15, -0.1) is 0 Å². The van der Waals surface area contributed by atoms with E-state index in [1.165, 1.54) is 18.3 Å². The number of aromatic nitrogens is 1. The normalized spacial score (nSPS) is 10.4. The largest absolute Gasteiger partial charge is 0.326 e. The minimum absolute atomic E-state index is 0.323. The van der Waals surface area contributed by atoms with Crippen LogP contribution in [0.2, 0.25) is 0 Å². The van der Waals surface area contributed by atoms with E-state index in [9.17, 15) is 8.78 Å². The molecule has 82 valence electrons. The maximum atomic E-state index is 13.5. The smallest absolute Gasteiger partial charge is 0.133 e. The molecule has 0 amide bonds. The summed E-state index contributed by atoms with van der Waals surface area (Å²) in [6.07, 6.45) is 3.14. The van der Waals surface area contributed by atoms with Gasteiger partial charge in [-0.3, -0.25) is 4.98 Å². The van der Waals surface area contributed by atoms with Crippen LogP contribution in [-0.2, 0) is 6.54 Å². The van der Waals surface area contributed by atoms with Gasteiger partial charge in [0.25, 0.3) is 0 Å². The molecule has 0 atom stereocenters. The molecule has 0 aliphatic heterocycles. The highest BCUT2D eigenvalue weighted by molar-refractivity contribution is 5.63. The van der Waals surface area contributed by atoms with Crippen LogP contribution in [0.4, 0.5) is 8.78 Å². The highest BCUT2D eigenvalue weighted by Gasteiger charge is 2.06. The van der Waals surface area contributed by atoms with Crippen molar-refractivity contribution in [2.24, 2.45) is 5.73 Å². The van der Waals surface area contributed by atoms with Crippen molar-refractivity contribution in [3.05, 3.63) is 53.9 Å². The van der Waals surface area contributed by atoms with E-state index in [2.05, 4.69) is 4.98 Å². The molecule has 0 saturated carbocycles. The van der Waals surface area contributed by atoms with Crippen LogP contribution in [-0.4, -0.2) is 4.98 Å². The SMILES string of the molecule is NCc1cncc(-c2ccc(F)cc2F)c1. The second-order valence-corrected chi connectivity index (χ2v) is 3.41.